The van der Waals surface area contributed by atoms with E-state index in [2.05, 4.69) is 5.32 Å². The molecule has 0 atom stereocenters. The van der Waals surface area contributed by atoms with Gasteiger partial charge in [-0.15, -0.1) is 0 Å². The summed E-state index contributed by atoms with van der Waals surface area (Å²) in [6, 6.07) is 13.9. The minimum atomic E-state index is -1.25. The van der Waals surface area contributed by atoms with E-state index in [9.17, 15) is 9.59 Å². The zero-order valence-electron chi connectivity index (χ0n) is 15.5. The third-order valence-corrected chi connectivity index (χ3v) is 3.93. The molecule has 0 saturated heterocycles. The summed E-state index contributed by atoms with van der Waals surface area (Å²) in [6.07, 6.45) is 0. The lowest BCUT2D eigenvalue weighted by atomic mass is 10.1. The predicted molar refractivity (Wildman–Crippen MR) is 102 cm³/mol. The Kier molecular flexibility index (Phi) is 7.07. The van der Waals surface area contributed by atoms with Gasteiger partial charge in [-0.3, -0.25) is 4.79 Å². The quantitative estimate of drug-likeness (QED) is 0.698. The second kappa shape index (κ2) is 9.28. The first-order valence-corrected chi connectivity index (χ1v) is 8.70. The number of hydrogen-bond donors (Lipinski definition) is 1. The number of carbonyl (C=O) groups excluding carboxylic acids is 2. The van der Waals surface area contributed by atoms with E-state index in [-0.39, 0.29) is 6.54 Å². The maximum atomic E-state index is 12.2. The minimum Gasteiger partial charge on any atom is -0.496 e. The van der Waals surface area contributed by atoms with Gasteiger partial charge in [-0.2, -0.15) is 0 Å². The van der Waals surface area contributed by atoms with Crippen molar-refractivity contribution in [3.63, 3.8) is 0 Å². The van der Waals surface area contributed by atoms with Crippen molar-refractivity contribution in [2.45, 2.75) is 26.0 Å². The molecule has 0 unspecified atom stereocenters. The van der Waals surface area contributed by atoms with E-state index in [0.29, 0.717) is 16.5 Å². The van der Waals surface area contributed by atoms with Crippen molar-refractivity contribution in [3.05, 3.63) is 59.1 Å². The van der Waals surface area contributed by atoms with Crippen molar-refractivity contribution in [2.75, 3.05) is 13.7 Å². The van der Waals surface area contributed by atoms with Crippen LogP contribution in [0, 0.1) is 0 Å². The van der Waals surface area contributed by atoms with Crippen LogP contribution in [-0.4, -0.2) is 31.2 Å². The summed E-state index contributed by atoms with van der Waals surface area (Å²) in [6.45, 7) is 3.00. The molecule has 1 amide bonds. The van der Waals surface area contributed by atoms with E-state index < -0.39 is 24.1 Å². The van der Waals surface area contributed by atoms with Gasteiger partial charge in [0.15, 0.2) is 12.2 Å². The number of nitrogens with one attached hydrogen (secondary N) is 1. The van der Waals surface area contributed by atoms with Crippen molar-refractivity contribution < 1.29 is 23.8 Å². The molecule has 0 fully saturated rings. The highest BCUT2D eigenvalue weighted by atomic mass is 35.5. The predicted octanol–water partition coefficient (Wildman–Crippen LogP) is 3.37. The van der Waals surface area contributed by atoms with Crippen LogP contribution in [-0.2, 0) is 20.9 Å². The van der Waals surface area contributed by atoms with Gasteiger partial charge in [-0.05, 0) is 44.2 Å². The zero-order chi connectivity index (χ0) is 19.9. The molecule has 7 heteroatoms. The molecular weight excluding hydrogens is 370 g/mol. The summed E-state index contributed by atoms with van der Waals surface area (Å²) in [4.78, 5) is 24.2. The smallest absolute Gasteiger partial charge is 0.350 e. The van der Waals surface area contributed by atoms with Crippen molar-refractivity contribution in [1.82, 2.24) is 5.32 Å². The number of amides is 1. The molecular formula is C20H22ClNO5. The van der Waals surface area contributed by atoms with Gasteiger partial charge in [0.25, 0.3) is 5.91 Å². The molecule has 0 bridgehead atoms. The van der Waals surface area contributed by atoms with E-state index in [1.165, 1.54) is 0 Å². The second-order valence-electron chi connectivity index (χ2n) is 6.23. The summed E-state index contributed by atoms with van der Waals surface area (Å²) in [5.74, 6) is 0.0794. The normalized spacial score (nSPS) is 10.8. The van der Waals surface area contributed by atoms with Crippen molar-refractivity contribution in [3.8, 4) is 11.5 Å². The molecule has 0 heterocycles. The van der Waals surface area contributed by atoms with E-state index in [4.69, 9.17) is 25.8 Å². The van der Waals surface area contributed by atoms with Crippen LogP contribution in [0.4, 0.5) is 0 Å². The van der Waals surface area contributed by atoms with Crippen LogP contribution >= 0.6 is 11.6 Å². The number of carbonyl (C=O) groups is 2. The number of para-hydroxylation sites is 1. The lowest BCUT2D eigenvalue weighted by Crippen LogP contribution is -2.41. The Morgan fingerprint density at radius 3 is 2.41 bits per heavy atom. The van der Waals surface area contributed by atoms with Crippen LogP contribution < -0.4 is 14.8 Å². The van der Waals surface area contributed by atoms with Gasteiger partial charge < -0.3 is 19.5 Å². The fourth-order valence-corrected chi connectivity index (χ4v) is 2.36. The fourth-order valence-electron chi connectivity index (χ4n) is 2.24. The standard InChI is InChI=1S/C20H22ClNO5/c1-20(2,27-16-10-8-15(21)9-11-16)19(24)26-13-18(23)22-12-14-6-4-5-7-17(14)25-3/h4-11H,12-13H2,1-3H3,(H,22,23). The molecule has 0 spiro atoms. The SMILES string of the molecule is COc1ccccc1CNC(=O)COC(=O)C(C)(C)Oc1ccc(Cl)cc1. The highest BCUT2D eigenvalue weighted by Gasteiger charge is 2.32. The van der Waals surface area contributed by atoms with Gasteiger partial charge in [-0.1, -0.05) is 29.8 Å². The van der Waals surface area contributed by atoms with E-state index in [1.54, 1.807) is 51.3 Å². The highest BCUT2D eigenvalue weighted by molar-refractivity contribution is 6.30. The average Bonchev–Trinajstić information content (AvgIpc) is 2.66. The fraction of sp³-hybridized carbons (Fsp3) is 0.300. The number of methoxy groups -OCH3 is 1. The molecule has 6 nitrogen and oxygen atoms in total. The van der Waals surface area contributed by atoms with Crippen molar-refractivity contribution >= 4 is 23.5 Å². The third kappa shape index (κ3) is 6.18. The molecule has 144 valence electrons. The summed E-state index contributed by atoms with van der Waals surface area (Å²) in [5, 5.41) is 3.25. The number of hydrogen-bond acceptors (Lipinski definition) is 5. The lowest BCUT2D eigenvalue weighted by Gasteiger charge is -2.24. The molecule has 0 aliphatic carbocycles. The van der Waals surface area contributed by atoms with Gasteiger partial charge in [0.1, 0.15) is 11.5 Å². The van der Waals surface area contributed by atoms with E-state index in [1.807, 2.05) is 18.2 Å². The topological polar surface area (TPSA) is 73.9 Å². The summed E-state index contributed by atoms with van der Waals surface area (Å²) in [5.41, 5.74) is -0.428. The number of halogens is 1. The van der Waals surface area contributed by atoms with Crippen LogP contribution in [0.1, 0.15) is 19.4 Å². The third-order valence-electron chi connectivity index (χ3n) is 3.68. The van der Waals surface area contributed by atoms with Gasteiger partial charge >= 0.3 is 5.97 Å². The van der Waals surface area contributed by atoms with E-state index in [0.717, 1.165) is 5.56 Å². The molecule has 2 aromatic carbocycles. The lowest BCUT2D eigenvalue weighted by molar-refractivity contribution is -0.162. The molecule has 0 aliphatic rings. The molecule has 27 heavy (non-hydrogen) atoms. The minimum absolute atomic E-state index is 0.269. The van der Waals surface area contributed by atoms with Gasteiger partial charge in [0.05, 0.1) is 7.11 Å². The summed E-state index contributed by atoms with van der Waals surface area (Å²) < 4.78 is 15.9. The molecule has 0 aliphatic heterocycles. The number of rotatable bonds is 8. The van der Waals surface area contributed by atoms with Crippen molar-refractivity contribution in [1.29, 1.82) is 0 Å². The Balaban J connectivity index is 1.82. The molecule has 2 aromatic rings. The molecule has 2 rings (SSSR count). The van der Waals surface area contributed by atoms with Gasteiger partial charge in [0.2, 0.25) is 0 Å². The maximum absolute atomic E-state index is 12.2. The first-order valence-electron chi connectivity index (χ1n) is 8.32. The van der Waals surface area contributed by atoms with Crippen LogP contribution in [0.3, 0.4) is 0 Å². The van der Waals surface area contributed by atoms with E-state index >= 15 is 0 Å². The van der Waals surface area contributed by atoms with Gasteiger partial charge in [-0.25, -0.2) is 4.79 Å². The largest absolute Gasteiger partial charge is 0.496 e. The number of ether oxygens (including phenoxy) is 3. The monoisotopic (exact) mass is 391 g/mol. The Morgan fingerprint density at radius 1 is 1.07 bits per heavy atom. The Morgan fingerprint density at radius 2 is 1.74 bits per heavy atom. The van der Waals surface area contributed by atoms with Crippen LogP contribution in [0.15, 0.2) is 48.5 Å². The van der Waals surface area contributed by atoms with Crippen LogP contribution in [0.2, 0.25) is 5.02 Å². The first kappa shape index (κ1) is 20.6. The summed E-state index contributed by atoms with van der Waals surface area (Å²) >= 11 is 5.82. The Hall–Kier alpha value is -2.73. The Bertz CT molecular complexity index is 789. The molecule has 0 saturated carbocycles. The Labute approximate surface area is 163 Å². The molecule has 0 aromatic heterocycles. The van der Waals surface area contributed by atoms with Crippen LogP contribution in [0.5, 0.6) is 11.5 Å². The number of benzene rings is 2. The average molecular weight is 392 g/mol. The highest BCUT2D eigenvalue weighted by Crippen LogP contribution is 2.22. The van der Waals surface area contributed by atoms with Gasteiger partial charge in [0, 0.05) is 17.1 Å². The van der Waals surface area contributed by atoms with Crippen molar-refractivity contribution in [2.24, 2.45) is 0 Å². The zero-order valence-corrected chi connectivity index (χ0v) is 16.2. The van der Waals surface area contributed by atoms with Crippen LogP contribution in [0.25, 0.3) is 0 Å². The maximum Gasteiger partial charge on any atom is 0.350 e. The molecule has 0 radical (unpaired) electrons. The first-order chi connectivity index (χ1) is 12.8. The second-order valence-corrected chi connectivity index (χ2v) is 6.67. The number of esters is 1. The molecule has 1 N–H and O–H groups in total. The summed E-state index contributed by atoms with van der Waals surface area (Å²) in [7, 11) is 1.56.